The molecule has 0 aromatic carbocycles. The van der Waals surface area contributed by atoms with Gasteiger partial charge in [-0.25, -0.2) is 9.37 Å². The van der Waals surface area contributed by atoms with Crippen molar-refractivity contribution in [2.75, 3.05) is 31.1 Å². The summed E-state index contributed by atoms with van der Waals surface area (Å²) in [5.74, 6) is 1.58. The highest BCUT2D eigenvalue weighted by atomic mass is 19.1. The number of hydrogen-bond donors (Lipinski definition) is 0. The lowest BCUT2D eigenvalue weighted by Gasteiger charge is -2.22. The first-order valence-electron chi connectivity index (χ1n) is 8.97. The second-order valence-corrected chi connectivity index (χ2v) is 6.75. The first kappa shape index (κ1) is 16.3. The molecule has 4 heterocycles. The summed E-state index contributed by atoms with van der Waals surface area (Å²) in [6.45, 7) is 4.40. The molecule has 1 atom stereocenters. The Labute approximate surface area is 147 Å². The second-order valence-electron chi connectivity index (χ2n) is 6.75. The molecule has 0 radical (unpaired) electrons. The zero-order valence-corrected chi connectivity index (χ0v) is 14.3. The molecule has 2 saturated heterocycles. The topological polar surface area (TPSA) is 41.5 Å². The Morgan fingerprint density at radius 1 is 1.16 bits per heavy atom. The van der Waals surface area contributed by atoms with Crippen LogP contribution in [-0.4, -0.2) is 47.2 Å². The van der Waals surface area contributed by atoms with Crippen molar-refractivity contribution in [1.29, 1.82) is 0 Å². The van der Waals surface area contributed by atoms with E-state index in [0.29, 0.717) is 12.1 Å². The molecule has 6 heteroatoms. The van der Waals surface area contributed by atoms with E-state index >= 15 is 0 Å². The fourth-order valence-corrected chi connectivity index (χ4v) is 3.63. The van der Waals surface area contributed by atoms with Gasteiger partial charge in [-0.15, -0.1) is 0 Å². The molecule has 0 amide bonds. The third-order valence-electron chi connectivity index (χ3n) is 4.93. The Balaban J connectivity index is 1.39. The third kappa shape index (κ3) is 3.74. The highest BCUT2D eigenvalue weighted by Crippen LogP contribution is 2.30. The first-order chi connectivity index (χ1) is 12.3. The van der Waals surface area contributed by atoms with Gasteiger partial charge in [-0.1, -0.05) is 0 Å². The summed E-state index contributed by atoms with van der Waals surface area (Å²) < 4.78 is 20.0. The maximum Gasteiger partial charge on any atom is 0.171 e. The number of nitrogens with zero attached hydrogens (tertiary/aromatic N) is 4. The van der Waals surface area contributed by atoms with Gasteiger partial charge in [-0.05, 0) is 37.5 Å². The van der Waals surface area contributed by atoms with Crippen LogP contribution >= 0.6 is 0 Å². The van der Waals surface area contributed by atoms with E-state index < -0.39 is 0 Å². The van der Waals surface area contributed by atoms with E-state index in [1.54, 1.807) is 12.3 Å². The molecule has 132 valence electrons. The van der Waals surface area contributed by atoms with Gasteiger partial charge in [0.15, 0.2) is 11.6 Å². The smallest absolute Gasteiger partial charge is 0.171 e. The van der Waals surface area contributed by atoms with Gasteiger partial charge in [-0.3, -0.25) is 9.88 Å². The summed E-state index contributed by atoms with van der Waals surface area (Å²) >= 11 is 0. The zero-order chi connectivity index (χ0) is 17.1. The van der Waals surface area contributed by atoms with E-state index in [0.717, 1.165) is 44.2 Å². The lowest BCUT2D eigenvalue weighted by molar-refractivity contribution is 0.197. The highest BCUT2D eigenvalue weighted by Gasteiger charge is 2.26. The minimum Gasteiger partial charge on any atom is -0.485 e. The van der Waals surface area contributed by atoms with Crippen molar-refractivity contribution in [3.05, 3.63) is 48.2 Å². The lowest BCUT2D eigenvalue weighted by Crippen LogP contribution is -2.26. The van der Waals surface area contributed by atoms with Crippen molar-refractivity contribution < 1.29 is 9.13 Å². The average molecular weight is 342 g/mol. The predicted octanol–water partition coefficient (Wildman–Crippen LogP) is 2.87. The Morgan fingerprint density at radius 2 is 2.04 bits per heavy atom. The monoisotopic (exact) mass is 342 g/mol. The molecule has 2 aromatic rings. The van der Waals surface area contributed by atoms with Gasteiger partial charge in [0.25, 0.3) is 0 Å². The van der Waals surface area contributed by atoms with Gasteiger partial charge in [0.2, 0.25) is 0 Å². The van der Waals surface area contributed by atoms with Crippen LogP contribution in [0.3, 0.4) is 0 Å². The van der Waals surface area contributed by atoms with Crippen molar-refractivity contribution in [2.45, 2.75) is 31.9 Å². The molecule has 5 nitrogen and oxygen atoms in total. The molecule has 1 unspecified atom stereocenters. The van der Waals surface area contributed by atoms with Crippen LogP contribution < -0.4 is 9.64 Å². The van der Waals surface area contributed by atoms with Gasteiger partial charge in [0.1, 0.15) is 11.9 Å². The second kappa shape index (κ2) is 7.35. The van der Waals surface area contributed by atoms with Crippen molar-refractivity contribution in [1.82, 2.24) is 14.9 Å². The minimum atomic E-state index is -0.240. The Hall–Kier alpha value is -2.21. The fourth-order valence-electron chi connectivity index (χ4n) is 3.63. The molecule has 0 bridgehead atoms. The SMILES string of the molecule is Fc1cnccc1CN1CCC(Oc2cccnc2N2CCCC2)C1. The maximum atomic E-state index is 13.8. The Bertz CT molecular complexity index is 720. The number of aromatic nitrogens is 2. The predicted molar refractivity (Wildman–Crippen MR) is 94.2 cm³/mol. The number of halogens is 1. The van der Waals surface area contributed by atoms with Crippen LogP contribution in [0, 0.1) is 5.82 Å². The lowest BCUT2D eigenvalue weighted by atomic mass is 10.2. The van der Waals surface area contributed by atoms with Crippen LogP contribution in [-0.2, 0) is 6.54 Å². The van der Waals surface area contributed by atoms with E-state index in [1.807, 2.05) is 18.3 Å². The molecule has 4 rings (SSSR count). The molecule has 0 N–H and O–H groups in total. The molecule has 0 saturated carbocycles. The van der Waals surface area contributed by atoms with Crippen LogP contribution in [0.4, 0.5) is 10.2 Å². The van der Waals surface area contributed by atoms with Crippen LogP contribution in [0.2, 0.25) is 0 Å². The number of hydrogen-bond acceptors (Lipinski definition) is 5. The highest BCUT2D eigenvalue weighted by molar-refractivity contribution is 5.52. The van der Waals surface area contributed by atoms with Crippen LogP contribution in [0.15, 0.2) is 36.8 Å². The summed E-state index contributed by atoms with van der Waals surface area (Å²) in [7, 11) is 0. The van der Waals surface area contributed by atoms with E-state index in [9.17, 15) is 4.39 Å². The molecular weight excluding hydrogens is 319 g/mol. The third-order valence-corrected chi connectivity index (χ3v) is 4.93. The van der Waals surface area contributed by atoms with Crippen LogP contribution in [0.1, 0.15) is 24.8 Å². The van der Waals surface area contributed by atoms with E-state index in [4.69, 9.17) is 4.74 Å². The largest absolute Gasteiger partial charge is 0.485 e. The quantitative estimate of drug-likeness (QED) is 0.836. The van der Waals surface area contributed by atoms with Gasteiger partial charge < -0.3 is 9.64 Å². The molecule has 2 aliphatic heterocycles. The summed E-state index contributed by atoms with van der Waals surface area (Å²) in [6.07, 6.45) is 8.23. The molecule has 2 aliphatic rings. The van der Waals surface area contributed by atoms with E-state index in [-0.39, 0.29) is 11.9 Å². The van der Waals surface area contributed by atoms with Crippen molar-refractivity contribution in [2.24, 2.45) is 0 Å². The number of pyridine rings is 2. The van der Waals surface area contributed by atoms with Crippen LogP contribution in [0.25, 0.3) is 0 Å². The standard InChI is InChI=1S/C19H23FN4O/c20-17-12-21-8-5-15(17)13-23-11-6-16(14-23)25-18-4-3-7-22-19(18)24-9-1-2-10-24/h3-5,7-8,12,16H,1-2,6,9-11,13-14H2. The minimum absolute atomic E-state index is 0.121. The van der Waals surface area contributed by atoms with Crippen LogP contribution in [0.5, 0.6) is 5.75 Å². The van der Waals surface area contributed by atoms with Gasteiger partial charge in [0, 0.05) is 50.7 Å². The molecule has 25 heavy (non-hydrogen) atoms. The van der Waals surface area contributed by atoms with Crippen molar-refractivity contribution in [3.8, 4) is 5.75 Å². The average Bonchev–Trinajstić information content (AvgIpc) is 3.30. The van der Waals surface area contributed by atoms with Gasteiger partial charge >= 0.3 is 0 Å². The van der Waals surface area contributed by atoms with Crippen molar-refractivity contribution in [3.63, 3.8) is 0 Å². The summed E-state index contributed by atoms with van der Waals surface area (Å²) in [5, 5.41) is 0. The van der Waals surface area contributed by atoms with Gasteiger partial charge in [-0.2, -0.15) is 0 Å². The molecule has 2 aromatic heterocycles. The number of likely N-dealkylation sites (tertiary alicyclic amines) is 1. The molecule has 0 aliphatic carbocycles. The zero-order valence-electron chi connectivity index (χ0n) is 14.3. The summed E-state index contributed by atoms with van der Waals surface area (Å²) in [4.78, 5) is 12.9. The number of anilines is 1. The first-order valence-corrected chi connectivity index (χ1v) is 8.97. The maximum absolute atomic E-state index is 13.8. The normalized spacial score (nSPS) is 21.0. The van der Waals surface area contributed by atoms with Gasteiger partial charge in [0.05, 0.1) is 6.20 Å². The van der Waals surface area contributed by atoms with E-state index in [1.165, 1.54) is 19.0 Å². The number of ether oxygens (including phenoxy) is 1. The van der Waals surface area contributed by atoms with E-state index in [2.05, 4.69) is 19.8 Å². The molecule has 0 spiro atoms. The Kier molecular flexibility index (Phi) is 4.78. The number of rotatable bonds is 5. The molecular formula is C19H23FN4O. The Morgan fingerprint density at radius 3 is 2.88 bits per heavy atom. The fraction of sp³-hybridized carbons (Fsp3) is 0.474. The molecule has 2 fully saturated rings. The summed E-state index contributed by atoms with van der Waals surface area (Å²) in [6, 6.07) is 5.68. The summed E-state index contributed by atoms with van der Waals surface area (Å²) in [5.41, 5.74) is 0.690. The van der Waals surface area contributed by atoms with Crippen molar-refractivity contribution >= 4 is 5.82 Å².